The average Bonchev–Trinajstić information content (AvgIpc) is 2.30. The maximum absolute atomic E-state index is 12.3. The lowest BCUT2D eigenvalue weighted by Gasteiger charge is -2.24. The van der Waals surface area contributed by atoms with Crippen molar-refractivity contribution in [2.45, 2.75) is 31.2 Å². The standard InChI is InChI=1S/C12H19ClN2O3S.ClH/c1-8-5-10(18-4)9(13)6-11(8)19(16,17)15-12(2,3)7-14;/h5-6,15H,7,14H2,1-4H3;1H. The highest BCUT2D eigenvalue weighted by molar-refractivity contribution is 7.89. The molecule has 1 aromatic rings. The van der Waals surface area contributed by atoms with Gasteiger partial charge in [-0.1, -0.05) is 11.6 Å². The summed E-state index contributed by atoms with van der Waals surface area (Å²) < 4.78 is 32.2. The third-order valence-electron chi connectivity index (χ3n) is 2.66. The van der Waals surface area contributed by atoms with E-state index in [1.54, 1.807) is 26.8 Å². The van der Waals surface area contributed by atoms with E-state index in [9.17, 15) is 8.42 Å². The molecule has 0 aromatic heterocycles. The van der Waals surface area contributed by atoms with Gasteiger partial charge in [0.1, 0.15) is 5.75 Å². The first kappa shape index (κ1) is 19.5. The summed E-state index contributed by atoms with van der Waals surface area (Å²) in [6.45, 7) is 5.30. The summed E-state index contributed by atoms with van der Waals surface area (Å²) in [7, 11) is -2.20. The number of hydrogen-bond donors (Lipinski definition) is 2. The molecule has 0 radical (unpaired) electrons. The molecule has 0 aliphatic heterocycles. The number of ether oxygens (including phenoxy) is 1. The van der Waals surface area contributed by atoms with E-state index in [0.29, 0.717) is 11.3 Å². The van der Waals surface area contributed by atoms with Crippen molar-refractivity contribution in [3.05, 3.63) is 22.7 Å². The van der Waals surface area contributed by atoms with Crippen molar-refractivity contribution in [1.29, 1.82) is 0 Å². The lowest BCUT2D eigenvalue weighted by atomic mass is 10.1. The molecule has 5 nitrogen and oxygen atoms in total. The van der Waals surface area contributed by atoms with Crippen LogP contribution in [0.4, 0.5) is 0 Å². The Balaban J connectivity index is 0.00000361. The summed E-state index contributed by atoms with van der Waals surface area (Å²) >= 11 is 5.97. The number of sulfonamides is 1. The van der Waals surface area contributed by atoms with E-state index < -0.39 is 15.6 Å². The molecule has 0 amide bonds. The maximum atomic E-state index is 12.3. The zero-order valence-electron chi connectivity index (χ0n) is 11.9. The SMILES string of the molecule is COc1cc(C)c(S(=O)(=O)NC(C)(C)CN)cc1Cl.Cl. The van der Waals surface area contributed by atoms with Crippen molar-refractivity contribution in [3.8, 4) is 5.75 Å². The molecule has 0 aliphatic carbocycles. The second-order valence-corrected chi connectivity index (χ2v) is 7.00. The minimum absolute atomic E-state index is 0. The third kappa shape index (κ3) is 4.49. The fourth-order valence-electron chi connectivity index (χ4n) is 1.54. The molecule has 0 saturated carbocycles. The summed E-state index contributed by atoms with van der Waals surface area (Å²) in [5.74, 6) is 0.441. The van der Waals surface area contributed by atoms with E-state index >= 15 is 0 Å². The zero-order chi connectivity index (χ0) is 14.8. The number of rotatable bonds is 5. The second-order valence-electron chi connectivity index (χ2n) is 4.95. The van der Waals surface area contributed by atoms with Gasteiger partial charge in [0.2, 0.25) is 10.0 Å². The molecule has 116 valence electrons. The largest absolute Gasteiger partial charge is 0.495 e. The first-order chi connectivity index (χ1) is 8.63. The van der Waals surface area contributed by atoms with Gasteiger partial charge in [-0.05, 0) is 38.5 Å². The van der Waals surface area contributed by atoms with Gasteiger partial charge in [-0.2, -0.15) is 0 Å². The Labute approximate surface area is 131 Å². The van der Waals surface area contributed by atoms with Crippen LogP contribution in [-0.2, 0) is 10.0 Å². The van der Waals surface area contributed by atoms with E-state index in [1.807, 2.05) is 0 Å². The Morgan fingerprint density at radius 2 is 1.95 bits per heavy atom. The van der Waals surface area contributed by atoms with E-state index in [4.69, 9.17) is 22.1 Å². The topological polar surface area (TPSA) is 81.4 Å². The van der Waals surface area contributed by atoms with Gasteiger partial charge in [0.05, 0.1) is 17.0 Å². The number of nitrogens with one attached hydrogen (secondary N) is 1. The van der Waals surface area contributed by atoms with Crippen molar-refractivity contribution in [1.82, 2.24) is 4.72 Å². The highest BCUT2D eigenvalue weighted by atomic mass is 35.5. The fraction of sp³-hybridized carbons (Fsp3) is 0.500. The van der Waals surface area contributed by atoms with Crippen LogP contribution in [0.3, 0.4) is 0 Å². The zero-order valence-corrected chi connectivity index (χ0v) is 14.2. The van der Waals surface area contributed by atoms with Gasteiger partial charge < -0.3 is 10.5 Å². The first-order valence-corrected chi connectivity index (χ1v) is 7.57. The van der Waals surface area contributed by atoms with Crippen LogP contribution in [-0.4, -0.2) is 27.6 Å². The van der Waals surface area contributed by atoms with Crippen molar-refractivity contribution in [2.24, 2.45) is 5.73 Å². The molecular formula is C12H20Cl2N2O3S. The van der Waals surface area contributed by atoms with Gasteiger partial charge in [0.25, 0.3) is 0 Å². The summed E-state index contributed by atoms with van der Waals surface area (Å²) in [4.78, 5) is 0.125. The van der Waals surface area contributed by atoms with Gasteiger partial charge in [-0.15, -0.1) is 12.4 Å². The minimum atomic E-state index is -3.68. The lowest BCUT2D eigenvalue weighted by molar-refractivity contribution is 0.414. The molecule has 0 heterocycles. The van der Waals surface area contributed by atoms with E-state index in [2.05, 4.69) is 4.72 Å². The van der Waals surface area contributed by atoms with Crippen LogP contribution in [0.5, 0.6) is 5.75 Å². The molecule has 1 rings (SSSR count). The maximum Gasteiger partial charge on any atom is 0.241 e. The van der Waals surface area contributed by atoms with Crippen molar-refractivity contribution < 1.29 is 13.2 Å². The number of halogens is 2. The van der Waals surface area contributed by atoms with Crippen LogP contribution < -0.4 is 15.2 Å². The Hall–Kier alpha value is -0.530. The Bertz CT molecular complexity index is 574. The third-order valence-corrected chi connectivity index (χ3v) is 4.80. The predicted octanol–water partition coefficient (Wildman–Crippen LogP) is 2.09. The number of methoxy groups -OCH3 is 1. The predicted molar refractivity (Wildman–Crippen MR) is 83.4 cm³/mol. The minimum Gasteiger partial charge on any atom is -0.495 e. The summed E-state index contributed by atoms with van der Waals surface area (Å²) in [6.07, 6.45) is 0. The van der Waals surface area contributed by atoms with Crippen LogP contribution in [0.25, 0.3) is 0 Å². The molecule has 0 unspecified atom stereocenters. The number of nitrogens with two attached hydrogens (primary N) is 1. The van der Waals surface area contributed by atoms with Crippen LogP contribution >= 0.6 is 24.0 Å². The molecule has 1 aromatic carbocycles. The Morgan fingerprint density at radius 3 is 2.40 bits per heavy atom. The number of hydrogen-bond acceptors (Lipinski definition) is 4. The number of aryl methyl sites for hydroxylation is 1. The first-order valence-electron chi connectivity index (χ1n) is 5.71. The lowest BCUT2D eigenvalue weighted by Crippen LogP contribution is -2.48. The van der Waals surface area contributed by atoms with Crippen LogP contribution in [0, 0.1) is 6.92 Å². The molecule has 0 bridgehead atoms. The Morgan fingerprint density at radius 1 is 1.40 bits per heavy atom. The molecule has 8 heteroatoms. The van der Waals surface area contributed by atoms with Gasteiger partial charge in [0, 0.05) is 12.1 Å². The monoisotopic (exact) mass is 342 g/mol. The highest BCUT2D eigenvalue weighted by Gasteiger charge is 2.26. The fourth-order valence-corrected chi connectivity index (χ4v) is 3.53. The molecule has 3 N–H and O–H groups in total. The Kier molecular flexibility index (Phi) is 6.77. The van der Waals surface area contributed by atoms with Gasteiger partial charge in [-0.25, -0.2) is 13.1 Å². The summed E-state index contributed by atoms with van der Waals surface area (Å²) in [5, 5.41) is 0.249. The molecule has 0 atom stereocenters. The van der Waals surface area contributed by atoms with Crippen molar-refractivity contribution >= 4 is 34.0 Å². The van der Waals surface area contributed by atoms with Gasteiger partial charge in [0.15, 0.2) is 0 Å². The van der Waals surface area contributed by atoms with E-state index in [1.165, 1.54) is 13.2 Å². The second kappa shape index (κ2) is 6.95. The van der Waals surface area contributed by atoms with Crippen molar-refractivity contribution in [2.75, 3.05) is 13.7 Å². The van der Waals surface area contributed by atoms with E-state index in [-0.39, 0.29) is 28.9 Å². The van der Waals surface area contributed by atoms with Crippen LogP contribution in [0.1, 0.15) is 19.4 Å². The van der Waals surface area contributed by atoms with Crippen LogP contribution in [0.2, 0.25) is 5.02 Å². The van der Waals surface area contributed by atoms with Gasteiger partial charge in [-0.3, -0.25) is 0 Å². The normalized spacial score (nSPS) is 11.9. The van der Waals surface area contributed by atoms with E-state index in [0.717, 1.165) is 0 Å². The van der Waals surface area contributed by atoms with Crippen LogP contribution in [0.15, 0.2) is 17.0 Å². The molecule has 0 spiro atoms. The average molecular weight is 343 g/mol. The molecule has 0 saturated heterocycles. The number of benzene rings is 1. The quantitative estimate of drug-likeness (QED) is 0.858. The molecular weight excluding hydrogens is 323 g/mol. The molecule has 0 fully saturated rings. The van der Waals surface area contributed by atoms with Crippen molar-refractivity contribution in [3.63, 3.8) is 0 Å². The summed E-state index contributed by atoms with van der Waals surface area (Å²) in [5.41, 5.74) is 5.36. The summed E-state index contributed by atoms with van der Waals surface area (Å²) in [6, 6.07) is 2.97. The molecule has 0 aliphatic rings. The highest BCUT2D eigenvalue weighted by Crippen LogP contribution is 2.30. The van der Waals surface area contributed by atoms with Gasteiger partial charge >= 0.3 is 0 Å². The smallest absolute Gasteiger partial charge is 0.241 e. The molecule has 20 heavy (non-hydrogen) atoms.